The lowest BCUT2D eigenvalue weighted by atomic mass is 10.3. The first kappa shape index (κ1) is 10.9. The van der Waals surface area contributed by atoms with Gasteiger partial charge in [-0.3, -0.25) is 4.68 Å². The Labute approximate surface area is 103 Å². The highest BCUT2D eigenvalue weighted by Crippen LogP contribution is 2.24. The molecule has 1 N–H and O–H groups in total. The van der Waals surface area contributed by atoms with E-state index in [-0.39, 0.29) is 6.10 Å². The Morgan fingerprint density at radius 3 is 3.24 bits per heavy atom. The number of morpholine rings is 1. The SMILES string of the molecule is Cn1nc(-c2cccs2)nc1C1CNCCO1. The van der Waals surface area contributed by atoms with E-state index in [9.17, 15) is 0 Å². The van der Waals surface area contributed by atoms with Crippen molar-refractivity contribution in [3.8, 4) is 10.7 Å². The van der Waals surface area contributed by atoms with Crippen LogP contribution in [-0.4, -0.2) is 34.5 Å². The van der Waals surface area contributed by atoms with E-state index >= 15 is 0 Å². The summed E-state index contributed by atoms with van der Waals surface area (Å²) in [5, 5.41) is 9.77. The largest absolute Gasteiger partial charge is 0.368 e. The van der Waals surface area contributed by atoms with E-state index in [1.165, 1.54) is 0 Å². The molecule has 6 heteroatoms. The van der Waals surface area contributed by atoms with Crippen LogP contribution >= 0.6 is 11.3 Å². The Bertz CT molecular complexity index is 488. The zero-order chi connectivity index (χ0) is 11.7. The summed E-state index contributed by atoms with van der Waals surface area (Å²) in [6.45, 7) is 2.44. The Morgan fingerprint density at radius 1 is 1.59 bits per heavy atom. The number of aromatic nitrogens is 3. The number of rotatable bonds is 2. The number of ether oxygens (including phenoxy) is 1. The molecular weight excluding hydrogens is 236 g/mol. The van der Waals surface area contributed by atoms with Crippen LogP contribution in [0.3, 0.4) is 0 Å². The van der Waals surface area contributed by atoms with E-state index in [1.54, 1.807) is 11.3 Å². The number of thiophene rings is 1. The third-order valence-electron chi connectivity index (χ3n) is 2.75. The van der Waals surface area contributed by atoms with Crippen molar-refractivity contribution < 1.29 is 4.74 Å². The summed E-state index contributed by atoms with van der Waals surface area (Å²) in [4.78, 5) is 5.67. The predicted molar refractivity (Wildman–Crippen MR) is 65.9 cm³/mol. The molecule has 1 saturated heterocycles. The van der Waals surface area contributed by atoms with Crippen LogP contribution in [0.25, 0.3) is 10.7 Å². The molecule has 1 atom stereocenters. The normalized spacial score (nSPS) is 20.6. The van der Waals surface area contributed by atoms with E-state index in [0.29, 0.717) is 0 Å². The quantitative estimate of drug-likeness (QED) is 0.870. The first-order valence-electron chi connectivity index (χ1n) is 5.62. The molecule has 1 unspecified atom stereocenters. The van der Waals surface area contributed by atoms with Gasteiger partial charge in [-0.05, 0) is 11.4 Å². The van der Waals surface area contributed by atoms with E-state index in [2.05, 4.69) is 15.4 Å². The minimum absolute atomic E-state index is 0.00922. The van der Waals surface area contributed by atoms with Crippen LogP contribution in [0.5, 0.6) is 0 Å². The molecule has 1 aliphatic rings. The van der Waals surface area contributed by atoms with Gasteiger partial charge in [0.2, 0.25) is 0 Å². The Balaban J connectivity index is 1.90. The molecule has 1 fully saturated rings. The topological polar surface area (TPSA) is 52.0 Å². The summed E-state index contributed by atoms with van der Waals surface area (Å²) in [6, 6.07) is 4.04. The summed E-state index contributed by atoms with van der Waals surface area (Å²) >= 11 is 1.65. The lowest BCUT2D eigenvalue weighted by molar-refractivity contribution is 0.0200. The van der Waals surface area contributed by atoms with Crippen molar-refractivity contribution in [3.05, 3.63) is 23.3 Å². The maximum Gasteiger partial charge on any atom is 0.191 e. The van der Waals surface area contributed by atoms with E-state index < -0.39 is 0 Å². The minimum Gasteiger partial charge on any atom is -0.368 e. The Kier molecular flexibility index (Phi) is 2.92. The van der Waals surface area contributed by atoms with Crippen molar-refractivity contribution in [2.45, 2.75) is 6.10 Å². The van der Waals surface area contributed by atoms with Gasteiger partial charge in [0.25, 0.3) is 0 Å². The predicted octanol–water partition coefficient (Wildman–Crippen LogP) is 1.20. The van der Waals surface area contributed by atoms with Gasteiger partial charge < -0.3 is 10.1 Å². The fourth-order valence-electron chi connectivity index (χ4n) is 1.92. The lowest BCUT2D eigenvalue weighted by Crippen LogP contribution is -2.34. The first-order valence-corrected chi connectivity index (χ1v) is 6.49. The second-order valence-corrected chi connectivity index (χ2v) is 4.91. The number of nitrogens with zero attached hydrogens (tertiary/aromatic N) is 3. The third kappa shape index (κ3) is 2.11. The summed E-state index contributed by atoms with van der Waals surface area (Å²) in [6.07, 6.45) is 0.00922. The molecule has 3 heterocycles. The van der Waals surface area contributed by atoms with Crippen LogP contribution in [0.2, 0.25) is 0 Å². The van der Waals surface area contributed by atoms with Crippen molar-refractivity contribution in [1.82, 2.24) is 20.1 Å². The van der Waals surface area contributed by atoms with Gasteiger partial charge in [0, 0.05) is 20.1 Å². The van der Waals surface area contributed by atoms with Gasteiger partial charge in [0.1, 0.15) is 6.10 Å². The first-order chi connectivity index (χ1) is 8.34. The number of hydrogen-bond donors (Lipinski definition) is 1. The Morgan fingerprint density at radius 2 is 2.53 bits per heavy atom. The monoisotopic (exact) mass is 250 g/mol. The minimum atomic E-state index is 0.00922. The van der Waals surface area contributed by atoms with Gasteiger partial charge in [-0.2, -0.15) is 5.10 Å². The van der Waals surface area contributed by atoms with Crippen LogP contribution in [0.4, 0.5) is 0 Å². The second-order valence-electron chi connectivity index (χ2n) is 3.96. The number of aryl methyl sites for hydroxylation is 1. The third-order valence-corrected chi connectivity index (χ3v) is 3.62. The van der Waals surface area contributed by atoms with Gasteiger partial charge in [-0.25, -0.2) is 4.98 Å². The summed E-state index contributed by atoms with van der Waals surface area (Å²) < 4.78 is 7.51. The molecule has 0 radical (unpaired) electrons. The summed E-state index contributed by atoms with van der Waals surface area (Å²) in [7, 11) is 1.91. The lowest BCUT2D eigenvalue weighted by Gasteiger charge is -2.22. The zero-order valence-electron chi connectivity index (χ0n) is 9.59. The van der Waals surface area contributed by atoms with E-state index in [1.807, 2.05) is 29.2 Å². The van der Waals surface area contributed by atoms with E-state index in [0.717, 1.165) is 36.2 Å². The van der Waals surface area contributed by atoms with Crippen LogP contribution in [0.1, 0.15) is 11.9 Å². The number of hydrogen-bond acceptors (Lipinski definition) is 5. The Hall–Kier alpha value is -1.24. The van der Waals surface area contributed by atoms with Crippen molar-refractivity contribution in [1.29, 1.82) is 0 Å². The molecule has 0 spiro atoms. The van der Waals surface area contributed by atoms with Gasteiger partial charge in [0.15, 0.2) is 11.6 Å². The molecule has 3 rings (SSSR count). The standard InChI is InChI=1S/C11H14N4OS/c1-15-11(8-7-12-4-5-16-8)13-10(14-15)9-3-2-6-17-9/h2-3,6,8,12H,4-5,7H2,1H3. The van der Waals surface area contributed by atoms with Crippen molar-refractivity contribution in [3.63, 3.8) is 0 Å². The highest BCUT2D eigenvalue weighted by molar-refractivity contribution is 7.13. The van der Waals surface area contributed by atoms with Gasteiger partial charge in [-0.15, -0.1) is 11.3 Å². The molecular formula is C11H14N4OS. The maximum absolute atomic E-state index is 5.69. The summed E-state index contributed by atoms with van der Waals surface area (Å²) in [5.74, 6) is 1.67. The molecule has 90 valence electrons. The van der Waals surface area contributed by atoms with Gasteiger partial charge in [0.05, 0.1) is 11.5 Å². The zero-order valence-corrected chi connectivity index (χ0v) is 10.4. The molecule has 1 aliphatic heterocycles. The van der Waals surface area contributed by atoms with Gasteiger partial charge in [-0.1, -0.05) is 6.07 Å². The maximum atomic E-state index is 5.69. The molecule has 5 nitrogen and oxygen atoms in total. The van der Waals surface area contributed by atoms with Crippen molar-refractivity contribution in [2.75, 3.05) is 19.7 Å². The molecule has 17 heavy (non-hydrogen) atoms. The van der Waals surface area contributed by atoms with Crippen molar-refractivity contribution in [2.24, 2.45) is 7.05 Å². The molecule has 0 saturated carbocycles. The van der Waals surface area contributed by atoms with Crippen LogP contribution in [0.15, 0.2) is 17.5 Å². The molecule has 0 aliphatic carbocycles. The van der Waals surface area contributed by atoms with Crippen LogP contribution < -0.4 is 5.32 Å². The average Bonchev–Trinajstić information content (AvgIpc) is 2.99. The van der Waals surface area contributed by atoms with Crippen molar-refractivity contribution >= 4 is 11.3 Å². The molecule has 2 aromatic rings. The molecule has 2 aromatic heterocycles. The molecule has 0 bridgehead atoms. The van der Waals surface area contributed by atoms with Crippen LogP contribution in [-0.2, 0) is 11.8 Å². The summed E-state index contributed by atoms with van der Waals surface area (Å²) in [5.41, 5.74) is 0. The molecule has 0 amide bonds. The number of nitrogens with one attached hydrogen (secondary N) is 1. The fourth-order valence-corrected chi connectivity index (χ4v) is 2.57. The van der Waals surface area contributed by atoms with E-state index in [4.69, 9.17) is 4.74 Å². The van der Waals surface area contributed by atoms with Gasteiger partial charge >= 0.3 is 0 Å². The fraction of sp³-hybridized carbons (Fsp3) is 0.455. The second kappa shape index (κ2) is 4.56. The highest BCUT2D eigenvalue weighted by atomic mass is 32.1. The average molecular weight is 250 g/mol. The van der Waals surface area contributed by atoms with Crippen LogP contribution in [0, 0.1) is 0 Å². The smallest absolute Gasteiger partial charge is 0.191 e. The highest BCUT2D eigenvalue weighted by Gasteiger charge is 2.22. The molecule has 0 aromatic carbocycles.